The Kier molecular flexibility index (Phi) is 5.69. The van der Waals surface area contributed by atoms with Crippen LogP contribution in [0.4, 0.5) is 0 Å². The molecule has 0 aliphatic heterocycles. The lowest BCUT2D eigenvalue weighted by Gasteiger charge is -2.18. The Labute approximate surface area is 137 Å². The number of halogens is 2. The molecule has 0 spiro atoms. The normalized spacial score (nSPS) is 12.7. The lowest BCUT2D eigenvalue weighted by atomic mass is 9.96. The molecular formula is C18H21Cl2N. The summed E-state index contributed by atoms with van der Waals surface area (Å²) in [6.07, 6.45) is 1.11. The quantitative estimate of drug-likeness (QED) is 0.766. The second-order valence-corrected chi connectivity index (χ2v) is 6.55. The van der Waals surface area contributed by atoms with Crippen molar-refractivity contribution in [1.29, 1.82) is 0 Å². The summed E-state index contributed by atoms with van der Waals surface area (Å²) in [5, 5.41) is 4.51. The molecule has 2 aromatic carbocycles. The molecule has 0 aliphatic carbocycles. The molecule has 0 aliphatic rings. The summed E-state index contributed by atoms with van der Waals surface area (Å²) in [5.41, 5.74) is 3.71. The van der Waals surface area contributed by atoms with E-state index in [-0.39, 0.29) is 6.04 Å². The maximum absolute atomic E-state index is 6.13. The standard InChI is InChI=1S/C18H21Cl2N/c1-12(2)10-13-4-6-14(7-5-13)18(21-3)15-8-9-16(19)17(20)11-15/h4-9,11-12,18,21H,10H2,1-3H3. The summed E-state index contributed by atoms with van der Waals surface area (Å²) < 4.78 is 0. The van der Waals surface area contributed by atoms with Crippen molar-refractivity contribution in [2.24, 2.45) is 5.92 Å². The van der Waals surface area contributed by atoms with Gasteiger partial charge in [0.2, 0.25) is 0 Å². The fraction of sp³-hybridized carbons (Fsp3) is 0.333. The molecule has 112 valence electrons. The van der Waals surface area contributed by atoms with Crippen molar-refractivity contribution in [3.8, 4) is 0 Å². The van der Waals surface area contributed by atoms with Crippen molar-refractivity contribution >= 4 is 23.2 Å². The van der Waals surface area contributed by atoms with Gasteiger partial charge in [-0.3, -0.25) is 0 Å². The average Bonchev–Trinajstić information content (AvgIpc) is 2.45. The lowest BCUT2D eigenvalue weighted by Crippen LogP contribution is -2.17. The van der Waals surface area contributed by atoms with E-state index in [2.05, 4.69) is 43.4 Å². The number of rotatable bonds is 5. The number of nitrogens with one attached hydrogen (secondary N) is 1. The predicted octanol–water partition coefficient (Wildman–Crippen LogP) is 5.50. The highest BCUT2D eigenvalue weighted by molar-refractivity contribution is 6.42. The first kappa shape index (κ1) is 16.4. The Balaban J connectivity index is 2.26. The third-order valence-corrected chi connectivity index (χ3v) is 4.26. The van der Waals surface area contributed by atoms with Crippen molar-refractivity contribution in [2.45, 2.75) is 26.3 Å². The molecule has 0 bridgehead atoms. The minimum absolute atomic E-state index is 0.118. The number of hydrogen-bond acceptors (Lipinski definition) is 1. The Morgan fingerprint density at radius 1 is 0.905 bits per heavy atom. The predicted molar refractivity (Wildman–Crippen MR) is 92.3 cm³/mol. The zero-order chi connectivity index (χ0) is 15.4. The van der Waals surface area contributed by atoms with Crippen molar-refractivity contribution < 1.29 is 0 Å². The highest BCUT2D eigenvalue weighted by Crippen LogP contribution is 2.29. The molecule has 0 radical (unpaired) electrons. The molecule has 3 heteroatoms. The summed E-state index contributed by atoms with van der Waals surface area (Å²) in [7, 11) is 1.95. The van der Waals surface area contributed by atoms with Gasteiger partial charge in [0.05, 0.1) is 16.1 Å². The van der Waals surface area contributed by atoms with E-state index >= 15 is 0 Å². The van der Waals surface area contributed by atoms with Crippen LogP contribution in [0, 0.1) is 5.92 Å². The molecule has 0 saturated heterocycles. The molecule has 0 amide bonds. The van der Waals surface area contributed by atoms with Gasteiger partial charge in [-0.2, -0.15) is 0 Å². The summed E-state index contributed by atoms with van der Waals surface area (Å²) in [4.78, 5) is 0. The first-order valence-corrected chi connectivity index (χ1v) is 7.98. The minimum atomic E-state index is 0.118. The van der Waals surface area contributed by atoms with Gasteiger partial charge in [-0.25, -0.2) is 0 Å². The molecular weight excluding hydrogens is 301 g/mol. The molecule has 2 aromatic rings. The van der Waals surface area contributed by atoms with Gasteiger partial charge in [-0.1, -0.05) is 67.4 Å². The van der Waals surface area contributed by atoms with Gasteiger partial charge in [0, 0.05) is 0 Å². The lowest BCUT2D eigenvalue weighted by molar-refractivity contribution is 0.645. The van der Waals surface area contributed by atoms with E-state index in [1.54, 1.807) is 0 Å². The van der Waals surface area contributed by atoms with Gasteiger partial charge in [0.15, 0.2) is 0 Å². The summed E-state index contributed by atoms with van der Waals surface area (Å²) in [5.74, 6) is 0.672. The van der Waals surface area contributed by atoms with E-state index in [0.717, 1.165) is 12.0 Å². The second kappa shape index (κ2) is 7.31. The van der Waals surface area contributed by atoms with Gasteiger partial charge in [0.1, 0.15) is 0 Å². The van der Waals surface area contributed by atoms with Gasteiger partial charge in [0.25, 0.3) is 0 Å². The zero-order valence-electron chi connectivity index (χ0n) is 12.7. The van der Waals surface area contributed by atoms with Crippen LogP contribution in [0.1, 0.15) is 36.6 Å². The van der Waals surface area contributed by atoms with Crippen molar-refractivity contribution in [1.82, 2.24) is 5.32 Å². The largest absolute Gasteiger partial charge is 0.309 e. The van der Waals surface area contributed by atoms with Crippen LogP contribution in [0.2, 0.25) is 10.0 Å². The summed E-state index contributed by atoms with van der Waals surface area (Å²) >= 11 is 12.1. The van der Waals surface area contributed by atoms with Crippen LogP contribution in [-0.2, 0) is 6.42 Å². The Bertz CT molecular complexity index is 591. The zero-order valence-corrected chi connectivity index (χ0v) is 14.2. The Hall–Kier alpha value is -1.02. The molecule has 1 N–H and O–H groups in total. The molecule has 1 unspecified atom stereocenters. The third-order valence-electron chi connectivity index (χ3n) is 3.52. The molecule has 0 heterocycles. The van der Waals surface area contributed by atoms with Crippen LogP contribution in [0.25, 0.3) is 0 Å². The van der Waals surface area contributed by atoms with Gasteiger partial charge in [-0.15, -0.1) is 0 Å². The number of hydrogen-bond donors (Lipinski definition) is 1. The van der Waals surface area contributed by atoms with Crippen LogP contribution in [0.3, 0.4) is 0 Å². The highest BCUT2D eigenvalue weighted by Gasteiger charge is 2.13. The molecule has 2 rings (SSSR count). The fourth-order valence-corrected chi connectivity index (χ4v) is 2.84. The van der Waals surface area contributed by atoms with Gasteiger partial charge < -0.3 is 5.32 Å². The smallest absolute Gasteiger partial charge is 0.0595 e. The first-order chi connectivity index (χ1) is 10.0. The third kappa shape index (κ3) is 4.23. The number of benzene rings is 2. The molecule has 1 nitrogen and oxygen atoms in total. The van der Waals surface area contributed by atoms with Crippen molar-refractivity contribution in [3.05, 3.63) is 69.2 Å². The van der Waals surface area contributed by atoms with E-state index in [0.29, 0.717) is 16.0 Å². The molecule has 0 fully saturated rings. The Morgan fingerprint density at radius 2 is 1.52 bits per heavy atom. The molecule has 21 heavy (non-hydrogen) atoms. The molecule has 0 aromatic heterocycles. The fourth-order valence-electron chi connectivity index (χ4n) is 2.54. The van der Waals surface area contributed by atoms with Crippen LogP contribution < -0.4 is 5.32 Å². The Morgan fingerprint density at radius 3 is 2.05 bits per heavy atom. The van der Waals surface area contributed by atoms with Crippen molar-refractivity contribution in [3.63, 3.8) is 0 Å². The minimum Gasteiger partial charge on any atom is -0.309 e. The van der Waals surface area contributed by atoms with E-state index in [4.69, 9.17) is 23.2 Å². The second-order valence-electron chi connectivity index (χ2n) is 5.73. The van der Waals surface area contributed by atoms with E-state index in [1.807, 2.05) is 25.2 Å². The van der Waals surface area contributed by atoms with E-state index < -0.39 is 0 Å². The van der Waals surface area contributed by atoms with Gasteiger partial charge >= 0.3 is 0 Å². The maximum atomic E-state index is 6.13. The highest BCUT2D eigenvalue weighted by atomic mass is 35.5. The van der Waals surface area contributed by atoms with Crippen LogP contribution in [0.15, 0.2) is 42.5 Å². The summed E-state index contributed by atoms with van der Waals surface area (Å²) in [6.45, 7) is 4.47. The molecule has 0 saturated carbocycles. The topological polar surface area (TPSA) is 12.0 Å². The van der Waals surface area contributed by atoms with Gasteiger partial charge in [-0.05, 0) is 48.2 Å². The van der Waals surface area contributed by atoms with E-state index in [9.17, 15) is 0 Å². The van der Waals surface area contributed by atoms with Crippen molar-refractivity contribution in [2.75, 3.05) is 7.05 Å². The van der Waals surface area contributed by atoms with E-state index in [1.165, 1.54) is 11.1 Å². The first-order valence-electron chi connectivity index (χ1n) is 7.22. The maximum Gasteiger partial charge on any atom is 0.0595 e. The van der Waals surface area contributed by atoms with Crippen LogP contribution in [0.5, 0.6) is 0 Å². The monoisotopic (exact) mass is 321 g/mol. The van der Waals surface area contributed by atoms with Crippen LogP contribution >= 0.6 is 23.2 Å². The molecule has 1 atom stereocenters. The average molecular weight is 322 g/mol. The summed E-state index contributed by atoms with van der Waals surface area (Å²) in [6, 6.07) is 14.7. The van der Waals surface area contributed by atoms with Crippen LogP contribution in [-0.4, -0.2) is 7.05 Å². The SMILES string of the molecule is CNC(c1ccc(CC(C)C)cc1)c1ccc(Cl)c(Cl)c1.